The largest absolute Gasteiger partial charge is 0.0760 e. The van der Waals surface area contributed by atoms with Gasteiger partial charge < -0.3 is 0 Å². The van der Waals surface area contributed by atoms with E-state index < -0.39 is 0 Å². The zero-order chi connectivity index (χ0) is 18.3. The maximum Gasteiger partial charge on any atom is 0.0130 e. The van der Waals surface area contributed by atoms with Crippen LogP contribution < -0.4 is 0 Å². The van der Waals surface area contributed by atoms with Gasteiger partial charge in [-0.15, -0.1) is 0 Å². The molecule has 2 radical (unpaired) electrons. The van der Waals surface area contributed by atoms with Crippen molar-refractivity contribution < 1.29 is 17.1 Å². The van der Waals surface area contributed by atoms with Crippen LogP contribution in [0.15, 0.2) is 47.1 Å². The average Bonchev–Trinajstić information content (AvgIpc) is 3.11. The van der Waals surface area contributed by atoms with E-state index in [1.165, 1.54) is 0 Å². The zero-order valence-corrected chi connectivity index (χ0v) is 20.1. The van der Waals surface area contributed by atoms with Crippen molar-refractivity contribution in [2.75, 3.05) is 0 Å². The molecular formula is C22H36FeP2. The third kappa shape index (κ3) is 8.26. The molecule has 0 fully saturated rings. The Morgan fingerprint density at radius 2 is 0.800 bits per heavy atom. The van der Waals surface area contributed by atoms with Crippen LogP contribution in [0, 0.1) is 12.8 Å². The molecule has 0 aromatic rings. The summed E-state index contributed by atoms with van der Waals surface area (Å²) >= 11 is 0. The van der Waals surface area contributed by atoms with Crippen LogP contribution in [0.1, 0.15) is 55.4 Å². The molecule has 142 valence electrons. The first-order valence-electron chi connectivity index (χ1n) is 9.25. The van der Waals surface area contributed by atoms with E-state index in [0.29, 0.717) is 0 Å². The maximum atomic E-state index is 2.33. The van der Waals surface area contributed by atoms with E-state index in [2.05, 4.69) is 105 Å². The summed E-state index contributed by atoms with van der Waals surface area (Å²) in [6.07, 6.45) is 17.7. The summed E-state index contributed by atoms with van der Waals surface area (Å²) in [7, 11) is 0.127. The van der Waals surface area contributed by atoms with Crippen molar-refractivity contribution in [2.24, 2.45) is 0 Å². The topological polar surface area (TPSA) is 0 Å². The van der Waals surface area contributed by atoms with Crippen molar-refractivity contribution in [1.29, 1.82) is 0 Å². The molecule has 0 aliphatic heterocycles. The molecular weight excluding hydrogens is 382 g/mol. The molecule has 0 saturated heterocycles. The van der Waals surface area contributed by atoms with Gasteiger partial charge in [0.15, 0.2) is 0 Å². The fourth-order valence-corrected chi connectivity index (χ4v) is 9.26. The fraction of sp³-hybridized carbons (Fsp3) is 0.545. The maximum absolute atomic E-state index is 2.33. The van der Waals surface area contributed by atoms with Crippen molar-refractivity contribution in [3.05, 3.63) is 59.9 Å². The average molecular weight is 418 g/mol. The number of rotatable bonds is 6. The molecule has 0 saturated carbocycles. The van der Waals surface area contributed by atoms with Gasteiger partial charge in [0.2, 0.25) is 0 Å². The summed E-state index contributed by atoms with van der Waals surface area (Å²) in [6.45, 7) is 18.7. The van der Waals surface area contributed by atoms with E-state index in [0.717, 1.165) is 22.6 Å². The summed E-state index contributed by atoms with van der Waals surface area (Å²) in [6, 6.07) is 0. The Labute approximate surface area is 170 Å². The molecule has 0 amide bonds. The third-order valence-corrected chi connectivity index (χ3v) is 10.4. The normalized spacial score (nSPS) is 16.1. The standard InChI is InChI=1S/2C11H18P.Fe/c2*1-9(2)12(10(3)4)11-7-5-6-8-11;/h2*5-10H,1-4H3;. The quantitative estimate of drug-likeness (QED) is 0.304. The van der Waals surface area contributed by atoms with Crippen LogP contribution in [0.4, 0.5) is 0 Å². The first kappa shape index (κ1) is 25.3. The monoisotopic (exact) mass is 418 g/mol. The van der Waals surface area contributed by atoms with Crippen LogP contribution in [0.2, 0.25) is 0 Å². The van der Waals surface area contributed by atoms with Gasteiger partial charge >= 0.3 is 0 Å². The third-order valence-electron chi connectivity index (χ3n) is 4.11. The summed E-state index contributed by atoms with van der Waals surface area (Å²) < 4.78 is 0. The predicted octanol–water partition coefficient (Wildman–Crippen LogP) is 7.88. The second kappa shape index (κ2) is 12.7. The molecule has 0 unspecified atom stereocenters. The molecule has 2 rings (SSSR count). The van der Waals surface area contributed by atoms with Crippen LogP contribution in [0.25, 0.3) is 0 Å². The molecule has 25 heavy (non-hydrogen) atoms. The van der Waals surface area contributed by atoms with Gasteiger partial charge in [0.05, 0.1) is 0 Å². The van der Waals surface area contributed by atoms with Crippen molar-refractivity contribution in [3.63, 3.8) is 0 Å². The van der Waals surface area contributed by atoms with Gasteiger partial charge in [0, 0.05) is 29.9 Å². The van der Waals surface area contributed by atoms with E-state index in [-0.39, 0.29) is 32.9 Å². The van der Waals surface area contributed by atoms with Gasteiger partial charge in [0.1, 0.15) is 0 Å². The van der Waals surface area contributed by atoms with Gasteiger partial charge in [-0.3, -0.25) is 0 Å². The SMILES string of the molecule is CC(C)P(C1=CC=C[CH]1)C(C)C.CC(C)P(C1=CC=C[CH]1)C(C)C.[Fe]. The number of hydrogen-bond donors (Lipinski definition) is 0. The molecule has 3 heteroatoms. The first-order chi connectivity index (χ1) is 11.3. The number of hydrogen-bond acceptors (Lipinski definition) is 0. The van der Waals surface area contributed by atoms with Gasteiger partial charge in [-0.2, -0.15) is 0 Å². The first-order valence-corrected chi connectivity index (χ1v) is 12.2. The minimum Gasteiger partial charge on any atom is -0.0760 e. The molecule has 0 N–H and O–H groups in total. The van der Waals surface area contributed by atoms with Crippen LogP contribution in [-0.2, 0) is 17.1 Å². The second-order valence-corrected chi connectivity index (χ2v) is 14.3. The Kier molecular flexibility index (Phi) is 12.8. The summed E-state index contributed by atoms with van der Waals surface area (Å²) in [5.74, 6) is 0. The second-order valence-electron chi connectivity index (χ2n) is 7.48. The van der Waals surface area contributed by atoms with E-state index in [1.807, 2.05) is 0 Å². The minimum atomic E-state index is 0. The molecule has 0 aromatic heterocycles. The summed E-state index contributed by atoms with van der Waals surface area (Å²) in [5.41, 5.74) is 3.23. The Hall–Kier alpha value is 0.339. The van der Waals surface area contributed by atoms with Crippen molar-refractivity contribution >= 4 is 15.8 Å². The van der Waals surface area contributed by atoms with E-state index in [4.69, 9.17) is 0 Å². The Morgan fingerprint density at radius 1 is 0.520 bits per heavy atom. The Balaban J connectivity index is 0.000000443. The molecule has 0 nitrogen and oxygen atoms in total. The van der Waals surface area contributed by atoms with E-state index in [1.54, 1.807) is 10.6 Å². The van der Waals surface area contributed by atoms with E-state index >= 15 is 0 Å². The van der Waals surface area contributed by atoms with Gasteiger partial charge in [-0.05, 0) is 33.3 Å². The molecule has 0 aromatic carbocycles. The molecule has 0 atom stereocenters. The molecule has 2 aliphatic rings. The van der Waals surface area contributed by atoms with Crippen molar-refractivity contribution in [1.82, 2.24) is 0 Å². The minimum absolute atomic E-state index is 0. The van der Waals surface area contributed by atoms with Crippen molar-refractivity contribution in [3.8, 4) is 0 Å². The smallest absolute Gasteiger partial charge is 0.0130 e. The zero-order valence-electron chi connectivity index (χ0n) is 17.2. The summed E-state index contributed by atoms with van der Waals surface area (Å²) in [4.78, 5) is 0. The molecule has 0 bridgehead atoms. The van der Waals surface area contributed by atoms with Crippen LogP contribution in [0.3, 0.4) is 0 Å². The Morgan fingerprint density at radius 3 is 0.960 bits per heavy atom. The van der Waals surface area contributed by atoms with Crippen molar-refractivity contribution in [2.45, 2.75) is 78.0 Å². The Bertz CT molecular complexity index is 434. The number of allylic oxidation sites excluding steroid dienone is 8. The molecule has 2 aliphatic carbocycles. The van der Waals surface area contributed by atoms with Crippen LogP contribution >= 0.6 is 15.8 Å². The fourth-order valence-electron chi connectivity index (χ4n) is 3.46. The summed E-state index contributed by atoms with van der Waals surface area (Å²) in [5, 5.41) is 3.13. The van der Waals surface area contributed by atoms with Crippen LogP contribution in [-0.4, -0.2) is 22.6 Å². The van der Waals surface area contributed by atoms with Gasteiger partial charge in [-0.25, -0.2) is 0 Å². The van der Waals surface area contributed by atoms with E-state index in [9.17, 15) is 0 Å². The van der Waals surface area contributed by atoms with Crippen LogP contribution in [0.5, 0.6) is 0 Å². The molecule has 0 heterocycles. The molecule has 0 spiro atoms. The predicted molar refractivity (Wildman–Crippen MR) is 117 cm³/mol. The van der Waals surface area contributed by atoms with Gasteiger partial charge in [0.25, 0.3) is 0 Å². The van der Waals surface area contributed by atoms with Gasteiger partial charge in [-0.1, -0.05) is 108 Å².